The van der Waals surface area contributed by atoms with Gasteiger partial charge in [0.25, 0.3) is 0 Å². The first-order valence-electron chi connectivity index (χ1n) is 11.1. The molecular formula is C25H27N5O3. The first-order valence-corrected chi connectivity index (χ1v) is 11.1. The van der Waals surface area contributed by atoms with Crippen LogP contribution in [0.4, 0.5) is 16.4 Å². The van der Waals surface area contributed by atoms with Crippen molar-refractivity contribution in [3.05, 3.63) is 71.3 Å². The average Bonchev–Trinajstić information content (AvgIpc) is 2.83. The molecule has 0 aromatic carbocycles. The minimum atomic E-state index is -0.336. The molecule has 0 radical (unpaired) electrons. The van der Waals surface area contributed by atoms with Crippen molar-refractivity contribution in [2.24, 2.45) is 0 Å². The summed E-state index contributed by atoms with van der Waals surface area (Å²) in [6, 6.07) is 8.92. The Labute approximate surface area is 193 Å². The largest absolute Gasteiger partial charge is 0.491 e. The van der Waals surface area contributed by atoms with Gasteiger partial charge in [0, 0.05) is 36.8 Å². The normalized spacial score (nSPS) is 12.9. The van der Waals surface area contributed by atoms with E-state index < -0.39 is 0 Å². The predicted octanol–water partition coefficient (Wildman–Crippen LogP) is 4.24. The average molecular weight is 446 g/mol. The third kappa shape index (κ3) is 5.52. The number of aldehydes is 1. The Morgan fingerprint density at radius 3 is 2.88 bits per heavy atom. The molecule has 0 spiro atoms. The summed E-state index contributed by atoms with van der Waals surface area (Å²) in [7, 11) is 0. The Bertz CT molecular complexity index is 1130. The number of nitrogens with one attached hydrogen (secondary N) is 1. The van der Waals surface area contributed by atoms with Crippen LogP contribution in [0.1, 0.15) is 47.4 Å². The molecule has 0 aliphatic carbocycles. The van der Waals surface area contributed by atoms with Crippen molar-refractivity contribution >= 4 is 24.0 Å². The van der Waals surface area contributed by atoms with E-state index in [1.54, 1.807) is 29.4 Å². The number of carbonyl (C=O) groups excluding carboxylic acids is 2. The molecule has 0 saturated heterocycles. The van der Waals surface area contributed by atoms with E-state index in [0.29, 0.717) is 35.9 Å². The molecule has 2 amide bonds. The van der Waals surface area contributed by atoms with Gasteiger partial charge < -0.3 is 4.74 Å². The lowest BCUT2D eigenvalue weighted by molar-refractivity contribution is 0.111. The Morgan fingerprint density at radius 2 is 2.12 bits per heavy atom. The zero-order chi connectivity index (χ0) is 23.2. The van der Waals surface area contributed by atoms with Crippen molar-refractivity contribution in [1.82, 2.24) is 15.0 Å². The lowest BCUT2D eigenvalue weighted by Crippen LogP contribution is -2.39. The summed E-state index contributed by atoms with van der Waals surface area (Å²) < 4.78 is 6.02. The molecule has 1 aliphatic heterocycles. The standard InChI is InChI=1S/C25H27N5O3/c1-17(2)33-22-13-23(27-15-20(22)8-7-18-5-3-11-26-14-18)29-25(32)30-12-4-6-19-9-10-21(16-31)28-24(19)30/h3,5,9-11,13-17H,4,6-8,12H2,1-2H3,(H,27,29,32). The van der Waals surface area contributed by atoms with Gasteiger partial charge in [-0.25, -0.2) is 14.8 Å². The number of rotatable bonds is 7. The first-order chi connectivity index (χ1) is 16.0. The molecule has 0 unspecified atom stereocenters. The molecule has 0 fully saturated rings. The van der Waals surface area contributed by atoms with Crippen molar-refractivity contribution in [2.75, 3.05) is 16.8 Å². The number of carbonyl (C=O) groups is 2. The highest BCUT2D eigenvalue weighted by Crippen LogP contribution is 2.27. The molecule has 0 bridgehead atoms. The van der Waals surface area contributed by atoms with E-state index in [1.165, 1.54) is 0 Å². The van der Waals surface area contributed by atoms with Gasteiger partial charge in [0.2, 0.25) is 0 Å². The van der Waals surface area contributed by atoms with Crippen molar-refractivity contribution in [3.8, 4) is 5.75 Å². The van der Waals surface area contributed by atoms with Crippen LogP contribution >= 0.6 is 0 Å². The van der Waals surface area contributed by atoms with Crippen LogP contribution in [0, 0.1) is 0 Å². The number of fused-ring (bicyclic) bond motifs is 1. The maximum absolute atomic E-state index is 13.1. The Kier molecular flexibility index (Phi) is 6.92. The molecule has 3 aromatic heterocycles. The Hall–Kier alpha value is -3.81. The number of hydrogen-bond acceptors (Lipinski definition) is 6. The smallest absolute Gasteiger partial charge is 0.328 e. The van der Waals surface area contributed by atoms with Crippen LogP contribution in [0.25, 0.3) is 0 Å². The maximum atomic E-state index is 13.1. The van der Waals surface area contributed by atoms with Gasteiger partial charge in [-0.05, 0) is 62.8 Å². The summed E-state index contributed by atoms with van der Waals surface area (Å²) in [4.78, 5) is 38.7. The van der Waals surface area contributed by atoms with Crippen molar-refractivity contribution in [3.63, 3.8) is 0 Å². The molecule has 8 heteroatoms. The van der Waals surface area contributed by atoms with E-state index in [9.17, 15) is 9.59 Å². The molecule has 0 atom stereocenters. The number of nitrogens with zero attached hydrogens (tertiary/aromatic N) is 4. The quantitative estimate of drug-likeness (QED) is 0.546. The summed E-state index contributed by atoms with van der Waals surface area (Å²) in [6.07, 6.45) is 9.22. The number of pyridine rings is 3. The second-order valence-electron chi connectivity index (χ2n) is 8.23. The summed E-state index contributed by atoms with van der Waals surface area (Å²) in [5, 5.41) is 2.86. The first kappa shape index (κ1) is 22.4. The lowest BCUT2D eigenvalue weighted by Gasteiger charge is -2.28. The summed E-state index contributed by atoms with van der Waals surface area (Å²) >= 11 is 0. The topological polar surface area (TPSA) is 97.3 Å². The minimum absolute atomic E-state index is 0.0203. The van der Waals surface area contributed by atoms with Gasteiger partial charge in [0.15, 0.2) is 6.29 Å². The third-order valence-corrected chi connectivity index (χ3v) is 5.37. The highest BCUT2D eigenvalue weighted by atomic mass is 16.5. The van der Waals surface area contributed by atoms with Crippen molar-refractivity contribution < 1.29 is 14.3 Å². The fourth-order valence-corrected chi connectivity index (χ4v) is 3.80. The number of urea groups is 1. The zero-order valence-electron chi connectivity index (χ0n) is 18.8. The number of anilines is 2. The predicted molar refractivity (Wildman–Crippen MR) is 126 cm³/mol. The molecule has 4 rings (SSSR count). The molecule has 1 N–H and O–H groups in total. The van der Waals surface area contributed by atoms with Crippen LogP contribution in [0.2, 0.25) is 0 Å². The van der Waals surface area contributed by atoms with Crippen molar-refractivity contribution in [1.29, 1.82) is 0 Å². The molecule has 33 heavy (non-hydrogen) atoms. The fourth-order valence-electron chi connectivity index (χ4n) is 3.80. The number of aryl methyl sites for hydroxylation is 3. The van der Waals surface area contributed by atoms with Gasteiger partial charge in [-0.3, -0.25) is 20.0 Å². The summed E-state index contributed by atoms with van der Waals surface area (Å²) in [6.45, 7) is 4.45. The van der Waals surface area contributed by atoms with Gasteiger partial charge in [-0.15, -0.1) is 0 Å². The minimum Gasteiger partial charge on any atom is -0.491 e. The highest BCUT2D eigenvalue weighted by molar-refractivity contribution is 6.01. The van der Waals surface area contributed by atoms with Gasteiger partial charge in [-0.2, -0.15) is 0 Å². The van der Waals surface area contributed by atoms with E-state index in [-0.39, 0.29) is 12.1 Å². The Morgan fingerprint density at radius 1 is 1.24 bits per heavy atom. The number of amides is 2. The van der Waals surface area contributed by atoms with Crippen LogP contribution in [-0.4, -0.2) is 39.9 Å². The second kappa shape index (κ2) is 10.2. The molecule has 3 aromatic rings. The van der Waals surface area contributed by atoms with Crippen LogP contribution < -0.4 is 15.0 Å². The SMILES string of the molecule is CC(C)Oc1cc(NC(=O)N2CCCc3ccc(C=O)nc32)ncc1CCc1cccnc1. The van der Waals surface area contributed by atoms with Crippen LogP contribution in [0.15, 0.2) is 48.9 Å². The molecular weight excluding hydrogens is 418 g/mol. The number of ether oxygens (including phenoxy) is 1. The van der Waals surface area contributed by atoms with E-state index >= 15 is 0 Å². The van der Waals surface area contributed by atoms with Gasteiger partial charge in [-0.1, -0.05) is 12.1 Å². The lowest BCUT2D eigenvalue weighted by atomic mass is 10.1. The van der Waals surface area contributed by atoms with Gasteiger partial charge >= 0.3 is 6.03 Å². The second-order valence-corrected chi connectivity index (χ2v) is 8.23. The summed E-state index contributed by atoms with van der Waals surface area (Å²) in [5.74, 6) is 1.62. The van der Waals surface area contributed by atoms with Gasteiger partial charge in [0.1, 0.15) is 23.1 Å². The van der Waals surface area contributed by atoms with Crippen molar-refractivity contribution in [2.45, 2.75) is 45.6 Å². The molecule has 1 aliphatic rings. The van der Waals surface area contributed by atoms with Crippen LogP contribution in [0.3, 0.4) is 0 Å². The fraction of sp³-hybridized carbons (Fsp3) is 0.320. The van der Waals surface area contributed by atoms with E-state index in [1.807, 2.05) is 38.2 Å². The van der Waals surface area contributed by atoms with Crippen LogP contribution in [-0.2, 0) is 19.3 Å². The Balaban J connectivity index is 1.52. The molecule has 0 saturated carbocycles. The van der Waals surface area contributed by atoms with E-state index in [4.69, 9.17) is 4.74 Å². The molecule has 170 valence electrons. The highest BCUT2D eigenvalue weighted by Gasteiger charge is 2.25. The van der Waals surface area contributed by atoms with Crippen LogP contribution in [0.5, 0.6) is 5.75 Å². The molecule has 8 nitrogen and oxygen atoms in total. The zero-order valence-corrected chi connectivity index (χ0v) is 18.8. The monoisotopic (exact) mass is 445 g/mol. The van der Waals surface area contributed by atoms with E-state index in [2.05, 4.69) is 20.3 Å². The van der Waals surface area contributed by atoms with Gasteiger partial charge in [0.05, 0.1) is 6.10 Å². The van der Waals surface area contributed by atoms with E-state index in [0.717, 1.165) is 42.4 Å². The summed E-state index contributed by atoms with van der Waals surface area (Å²) in [5.41, 5.74) is 3.35. The molecule has 4 heterocycles. The number of hydrogen-bond donors (Lipinski definition) is 1. The number of aromatic nitrogens is 3. The third-order valence-electron chi connectivity index (χ3n) is 5.37. The maximum Gasteiger partial charge on any atom is 0.328 e.